The van der Waals surface area contributed by atoms with E-state index < -0.39 is 0 Å². The smallest absolute Gasteiger partial charge is 0.124 e. The molecule has 2 N–H and O–H groups in total. The highest BCUT2D eigenvalue weighted by molar-refractivity contribution is 7.99. The van der Waals surface area contributed by atoms with Crippen LogP contribution in [0.2, 0.25) is 0 Å². The Morgan fingerprint density at radius 2 is 2.10 bits per heavy atom. The fraction of sp³-hybridized carbons (Fsp3) is 0.647. The van der Waals surface area contributed by atoms with Crippen molar-refractivity contribution < 1.29 is 9.84 Å². The summed E-state index contributed by atoms with van der Waals surface area (Å²) in [6, 6.07) is 4.87. The van der Waals surface area contributed by atoms with Crippen molar-refractivity contribution in [1.29, 1.82) is 0 Å². The lowest BCUT2D eigenvalue weighted by molar-refractivity contribution is 0.296. The van der Waals surface area contributed by atoms with Gasteiger partial charge in [0, 0.05) is 30.5 Å². The maximum absolute atomic E-state index is 8.77. The van der Waals surface area contributed by atoms with Gasteiger partial charge in [-0.15, -0.1) is 0 Å². The molecule has 1 aromatic carbocycles. The Morgan fingerprint density at radius 1 is 1.29 bits per heavy atom. The fourth-order valence-corrected chi connectivity index (χ4v) is 3.42. The summed E-state index contributed by atoms with van der Waals surface area (Å²) in [7, 11) is 0. The molecule has 1 aliphatic heterocycles. The van der Waals surface area contributed by atoms with Crippen LogP contribution in [-0.4, -0.2) is 36.4 Å². The highest BCUT2D eigenvalue weighted by atomic mass is 32.2. The quantitative estimate of drug-likeness (QED) is 0.759. The van der Waals surface area contributed by atoms with Gasteiger partial charge >= 0.3 is 0 Å². The predicted molar refractivity (Wildman–Crippen MR) is 90.4 cm³/mol. The Balaban J connectivity index is 1.93. The summed E-state index contributed by atoms with van der Waals surface area (Å²) in [5.41, 5.74) is 3.95. The van der Waals surface area contributed by atoms with Gasteiger partial charge in [-0.3, -0.25) is 0 Å². The van der Waals surface area contributed by atoms with Crippen molar-refractivity contribution in [3.63, 3.8) is 0 Å². The van der Waals surface area contributed by atoms with Crippen LogP contribution in [0.15, 0.2) is 12.1 Å². The summed E-state index contributed by atoms with van der Waals surface area (Å²) in [6.45, 7) is 6.44. The van der Waals surface area contributed by atoms with Crippen molar-refractivity contribution in [2.24, 2.45) is 0 Å². The number of aliphatic hydroxyl groups excluding tert-OH is 1. The number of ether oxygens (including phenoxy) is 1. The minimum absolute atomic E-state index is 0.298. The molecule has 118 valence electrons. The van der Waals surface area contributed by atoms with E-state index in [4.69, 9.17) is 9.84 Å². The van der Waals surface area contributed by atoms with Crippen LogP contribution >= 0.6 is 11.8 Å². The van der Waals surface area contributed by atoms with E-state index in [1.165, 1.54) is 16.7 Å². The van der Waals surface area contributed by atoms with Gasteiger partial charge in [-0.25, -0.2) is 0 Å². The van der Waals surface area contributed by atoms with E-state index in [1.54, 1.807) is 0 Å². The Hall–Kier alpha value is -0.710. The van der Waals surface area contributed by atoms with E-state index in [0.717, 1.165) is 49.7 Å². The van der Waals surface area contributed by atoms with Crippen LogP contribution in [0.4, 0.5) is 0 Å². The minimum Gasteiger partial charge on any atom is -0.493 e. The second-order valence-electron chi connectivity index (χ2n) is 5.66. The Morgan fingerprint density at radius 3 is 2.90 bits per heavy atom. The van der Waals surface area contributed by atoms with Gasteiger partial charge in [0.25, 0.3) is 0 Å². The molecule has 21 heavy (non-hydrogen) atoms. The molecule has 1 atom stereocenters. The highest BCUT2D eigenvalue weighted by Crippen LogP contribution is 2.33. The largest absolute Gasteiger partial charge is 0.493 e. The first-order chi connectivity index (χ1) is 10.2. The van der Waals surface area contributed by atoms with Crippen LogP contribution in [-0.2, 0) is 0 Å². The van der Waals surface area contributed by atoms with Gasteiger partial charge < -0.3 is 15.2 Å². The zero-order valence-corrected chi connectivity index (χ0v) is 14.0. The van der Waals surface area contributed by atoms with Crippen LogP contribution < -0.4 is 10.1 Å². The van der Waals surface area contributed by atoms with Crippen LogP contribution in [0.3, 0.4) is 0 Å². The molecule has 0 radical (unpaired) electrons. The molecule has 0 saturated carbocycles. The predicted octanol–water partition coefficient (Wildman–Crippen LogP) is 3.22. The van der Waals surface area contributed by atoms with Crippen molar-refractivity contribution in [3.8, 4) is 5.75 Å². The van der Waals surface area contributed by atoms with E-state index in [2.05, 4.69) is 31.3 Å². The molecular formula is C17H27NO2S. The molecule has 1 aliphatic rings. The molecule has 0 bridgehead atoms. The standard InChI is InChI=1S/C17H27NO2S/c1-13-11-15-16(18-6-10-21-9-4-7-19)5-3-8-20-17(15)12-14(13)2/h11-12,16,18-19H,3-10H2,1-2H3. The molecule has 1 unspecified atom stereocenters. The first-order valence-electron chi connectivity index (χ1n) is 7.88. The molecule has 3 nitrogen and oxygen atoms in total. The molecule has 1 aromatic rings. The van der Waals surface area contributed by atoms with E-state index in [0.29, 0.717) is 12.6 Å². The zero-order valence-electron chi connectivity index (χ0n) is 13.2. The number of benzene rings is 1. The van der Waals surface area contributed by atoms with Crippen molar-refractivity contribution in [1.82, 2.24) is 5.32 Å². The summed E-state index contributed by atoms with van der Waals surface area (Å²) in [5.74, 6) is 3.19. The summed E-state index contributed by atoms with van der Waals surface area (Å²) in [4.78, 5) is 0. The van der Waals surface area contributed by atoms with Gasteiger partial charge in [0.1, 0.15) is 5.75 Å². The second-order valence-corrected chi connectivity index (χ2v) is 6.89. The number of hydrogen-bond acceptors (Lipinski definition) is 4. The van der Waals surface area contributed by atoms with E-state index in [-0.39, 0.29) is 0 Å². The lowest BCUT2D eigenvalue weighted by atomic mass is 9.97. The summed E-state index contributed by atoms with van der Waals surface area (Å²) in [5, 5.41) is 12.5. The van der Waals surface area contributed by atoms with Gasteiger partial charge in [-0.1, -0.05) is 6.07 Å². The molecule has 0 aliphatic carbocycles. The average Bonchev–Trinajstić information content (AvgIpc) is 2.66. The highest BCUT2D eigenvalue weighted by Gasteiger charge is 2.20. The Labute approximate surface area is 132 Å². The zero-order chi connectivity index (χ0) is 15.1. The van der Waals surface area contributed by atoms with Crippen molar-refractivity contribution in [2.75, 3.05) is 31.3 Å². The molecule has 0 saturated heterocycles. The van der Waals surface area contributed by atoms with Gasteiger partial charge in [0.15, 0.2) is 0 Å². The number of nitrogens with one attached hydrogen (secondary N) is 1. The van der Waals surface area contributed by atoms with Gasteiger partial charge in [-0.2, -0.15) is 11.8 Å². The molecule has 0 fully saturated rings. The first-order valence-corrected chi connectivity index (χ1v) is 9.03. The van der Waals surface area contributed by atoms with Crippen LogP contribution in [0.5, 0.6) is 5.75 Å². The minimum atomic E-state index is 0.298. The van der Waals surface area contributed by atoms with Crippen molar-refractivity contribution in [3.05, 3.63) is 28.8 Å². The number of aliphatic hydroxyl groups is 1. The van der Waals surface area contributed by atoms with E-state index in [9.17, 15) is 0 Å². The van der Waals surface area contributed by atoms with E-state index in [1.807, 2.05) is 11.8 Å². The number of hydrogen-bond donors (Lipinski definition) is 2. The number of thioether (sulfide) groups is 1. The molecule has 4 heteroatoms. The first kappa shape index (κ1) is 16.7. The van der Waals surface area contributed by atoms with E-state index >= 15 is 0 Å². The monoisotopic (exact) mass is 309 g/mol. The lowest BCUT2D eigenvalue weighted by Crippen LogP contribution is -2.23. The average molecular weight is 309 g/mol. The third kappa shape index (κ3) is 4.90. The van der Waals surface area contributed by atoms with Gasteiger partial charge in [0.2, 0.25) is 0 Å². The molecule has 1 heterocycles. The van der Waals surface area contributed by atoms with Gasteiger partial charge in [0.05, 0.1) is 6.61 Å². The molecule has 0 aromatic heterocycles. The summed E-state index contributed by atoms with van der Waals surface area (Å²) >= 11 is 1.90. The molecule has 0 amide bonds. The second kappa shape index (κ2) is 8.66. The molecule has 0 spiro atoms. The maximum Gasteiger partial charge on any atom is 0.124 e. The number of fused-ring (bicyclic) bond motifs is 1. The third-order valence-corrected chi connectivity index (χ3v) is 5.05. The maximum atomic E-state index is 8.77. The SMILES string of the molecule is Cc1cc2c(cc1C)C(NCCSCCCO)CCCO2. The number of aryl methyl sites for hydroxylation is 2. The Kier molecular flexibility index (Phi) is 6.87. The summed E-state index contributed by atoms with van der Waals surface area (Å²) < 4.78 is 5.90. The van der Waals surface area contributed by atoms with Crippen LogP contribution in [0.25, 0.3) is 0 Å². The van der Waals surface area contributed by atoms with Crippen molar-refractivity contribution in [2.45, 2.75) is 39.2 Å². The van der Waals surface area contributed by atoms with Crippen LogP contribution in [0.1, 0.15) is 42.0 Å². The van der Waals surface area contributed by atoms with Crippen molar-refractivity contribution >= 4 is 11.8 Å². The molecular weight excluding hydrogens is 282 g/mol. The fourth-order valence-electron chi connectivity index (χ4n) is 2.62. The van der Waals surface area contributed by atoms with Crippen LogP contribution in [0, 0.1) is 13.8 Å². The van der Waals surface area contributed by atoms with Gasteiger partial charge in [-0.05, 0) is 56.1 Å². The number of rotatable bonds is 7. The lowest BCUT2D eigenvalue weighted by Gasteiger charge is -2.19. The topological polar surface area (TPSA) is 41.5 Å². The molecule has 2 rings (SSSR count). The summed E-state index contributed by atoms with van der Waals surface area (Å²) in [6.07, 6.45) is 3.13. The Bertz CT molecular complexity index is 451. The normalized spacial score (nSPS) is 18.0. The third-order valence-electron chi connectivity index (χ3n) is 3.98.